The summed E-state index contributed by atoms with van der Waals surface area (Å²) in [5.74, 6) is 0. The zero-order valence-electron chi connectivity index (χ0n) is 13.3. The van der Waals surface area contributed by atoms with Crippen molar-refractivity contribution in [3.8, 4) is 0 Å². The molecule has 3 nitrogen and oxygen atoms in total. The minimum Gasteiger partial charge on any atom is -0.291 e. The first kappa shape index (κ1) is 17.0. The van der Waals surface area contributed by atoms with Gasteiger partial charge >= 0.3 is 5.25 Å². The summed E-state index contributed by atoms with van der Waals surface area (Å²) < 4.78 is 56.7. The highest BCUT2D eigenvalue weighted by molar-refractivity contribution is 7.92. The summed E-state index contributed by atoms with van der Waals surface area (Å²) in [6.07, 6.45) is 0.609. The van der Waals surface area contributed by atoms with Crippen LogP contribution in [0.5, 0.6) is 0 Å². The Labute approximate surface area is 140 Å². The lowest BCUT2D eigenvalue weighted by atomic mass is 9.87. The predicted molar refractivity (Wildman–Crippen MR) is 88.6 cm³/mol. The molecule has 3 rings (SSSR count). The molecule has 0 amide bonds. The number of alkyl halides is 2. The van der Waals surface area contributed by atoms with Crippen molar-refractivity contribution in [2.75, 3.05) is 13.6 Å². The SMILES string of the molecule is CN1CCCC1(c1ccccc1)C(F)(F)S(=O)(=O)c1ccccc1. The zero-order chi connectivity index (χ0) is 17.4. The highest BCUT2D eigenvalue weighted by Crippen LogP contribution is 2.53. The van der Waals surface area contributed by atoms with E-state index in [1.807, 2.05) is 0 Å². The highest BCUT2D eigenvalue weighted by atomic mass is 32.2. The normalized spacial score (nSPS) is 22.6. The molecule has 1 fully saturated rings. The van der Waals surface area contributed by atoms with E-state index in [4.69, 9.17) is 0 Å². The van der Waals surface area contributed by atoms with E-state index in [-0.39, 0.29) is 11.3 Å². The van der Waals surface area contributed by atoms with Gasteiger partial charge in [0.15, 0.2) is 0 Å². The third-order valence-corrected chi connectivity index (χ3v) is 6.71. The van der Waals surface area contributed by atoms with Gasteiger partial charge in [-0.25, -0.2) is 8.42 Å². The quantitative estimate of drug-likeness (QED) is 0.843. The second-order valence-corrected chi connectivity index (χ2v) is 8.08. The van der Waals surface area contributed by atoms with Crippen LogP contribution in [0.2, 0.25) is 0 Å². The molecular formula is C18H19F2NO2S. The fourth-order valence-corrected chi connectivity index (χ4v) is 5.17. The summed E-state index contributed by atoms with van der Waals surface area (Å²) in [5, 5.41) is -3.95. The lowest BCUT2D eigenvalue weighted by Gasteiger charge is -2.42. The molecule has 0 radical (unpaired) electrons. The first-order valence-corrected chi connectivity index (χ1v) is 9.26. The number of hydrogen-bond acceptors (Lipinski definition) is 3. The molecule has 0 spiro atoms. The minimum atomic E-state index is -4.84. The smallest absolute Gasteiger partial charge is 0.291 e. The van der Waals surface area contributed by atoms with E-state index in [1.54, 1.807) is 43.4 Å². The Morgan fingerprint density at radius 2 is 1.54 bits per heavy atom. The molecule has 0 bridgehead atoms. The van der Waals surface area contributed by atoms with Crippen molar-refractivity contribution in [2.24, 2.45) is 0 Å². The Morgan fingerprint density at radius 3 is 2.04 bits per heavy atom. The Morgan fingerprint density at radius 1 is 1.00 bits per heavy atom. The molecule has 6 heteroatoms. The standard InChI is InChI=1S/C18H19F2NO2S/c1-21-14-8-13-17(21,15-9-4-2-5-10-15)18(19,20)24(22,23)16-11-6-3-7-12-16/h2-7,9-12H,8,13-14H2,1H3. The zero-order valence-corrected chi connectivity index (χ0v) is 14.1. The van der Waals surface area contributed by atoms with Crippen molar-refractivity contribution < 1.29 is 17.2 Å². The Hall–Kier alpha value is -1.79. The molecule has 1 saturated heterocycles. The van der Waals surface area contributed by atoms with Crippen molar-refractivity contribution in [1.29, 1.82) is 0 Å². The largest absolute Gasteiger partial charge is 0.371 e. The summed E-state index contributed by atoms with van der Waals surface area (Å²) >= 11 is 0. The van der Waals surface area contributed by atoms with Gasteiger partial charge in [0.25, 0.3) is 0 Å². The van der Waals surface area contributed by atoms with Gasteiger partial charge in [-0.05, 0) is 44.1 Å². The van der Waals surface area contributed by atoms with Gasteiger partial charge in [0.05, 0.1) is 4.90 Å². The molecular weight excluding hydrogens is 332 g/mol. The van der Waals surface area contributed by atoms with Crippen LogP contribution in [0, 0.1) is 0 Å². The molecule has 2 aromatic rings. The maximum atomic E-state index is 15.6. The molecule has 0 aromatic heterocycles. The van der Waals surface area contributed by atoms with E-state index >= 15 is 8.78 Å². The molecule has 0 aliphatic carbocycles. The maximum Gasteiger partial charge on any atom is 0.371 e. The van der Waals surface area contributed by atoms with Crippen LogP contribution in [-0.2, 0) is 15.4 Å². The molecule has 24 heavy (non-hydrogen) atoms. The van der Waals surface area contributed by atoms with Crippen LogP contribution in [0.15, 0.2) is 65.6 Å². The van der Waals surface area contributed by atoms with Crippen LogP contribution < -0.4 is 0 Å². The summed E-state index contributed by atoms with van der Waals surface area (Å²) in [6, 6.07) is 15.2. The van der Waals surface area contributed by atoms with Gasteiger partial charge < -0.3 is 0 Å². The molecule has 1 aliphatic heterocycles. The topological polar surface area (TPSA) is 37.4 Å². The van der Waals surface area contributed by atoms with E-state index in [0.717, 1.165) is 0 Å². The Bertz CT molecular complexity index is 809. The van der Waals surface area contributed by atoms with Crippen LogP contribution in [-0.4, -0.2) is 32.2 Å². The van der Waals surface area contributed by atoms with Gasteiger partial charge in [-0.15, -0.1) is 0 Å². The average Bonchev–Trinajstić information content (AvgIpc) is 2.99. The van der Waals surface area contributed by atoms with Crippen LogP contribution in [0.25, 0.3) is 0 Å². The number of sulfone groups is 1. The monoisotopic (exact) mass is 351 g/mol. The van der Waals surface area contributed by atoms with Crippen molar-refractivity contribution in [1.82, 2.24) is 4.90 Å². The van der Waals surface area contributed by atoms with Gasteiger partial charge in [0.2, 0.25) is 9.84 Å². The lowest BCUT2D eigenvalue weighted by molar-refractivity contribution is -0.0629. The number of halogens is 2. The van der Waals surface area contributed by atoms with Gasteiger partial charge in [0, 0.05) is 0 Å². The van der Waals surface area contributed by atoms with Crippen molar-refractivity contribution in [2.45, 2.75) is 28.5 Å². The molecule has 0 N–H and O–H groups in total. The maximum absolute atomic E-state index is 15.6. The van der Waals surface area contributed by atoms with Crippen molar-refractivity contribution >= 4 is 9.84 Å². The van der Waals surface area contributed by atoms with E-state index in [2.05, 4.69) is 0 Å². The van der Waals surface area contributed by atoms with Crippen molar-refractivity contribution in [3.05, 3.63) is 66.2 Å². The van der Waals surface area contributed by atoms with Gasteiger partial charge in [0.1, 0.15) is 5.54 Å². The molecule has 1 unspecified atom stereocenters. The summed E-state index contributed by atoms with van der Waals surface area (Å²) in [4.78, 5) is 1.12. The third-order valence-electron chi connectivity index (χ3n) is 4.81. The van der Waals surface area contributed by atoms with Crippen LogP contribution in [0.1, 0.15) is 18.4 Å². The lowest BCUT2D eigenvalue weighted by Crippen LogP contribution is -2.56. The molecule has 0 saturated carbocycles. The summed E-state index contributed by atoms with van der Waals surface area (Å²) in [7, 11) is -3.27. The summed E-state index contributed by atoms with van der Waals surface area (Å²) in [6.45, 7) is 0.425. The number of hydrogen-bond donors (Lipinski definition) is 0. The first-order chi connectivity index (χ1) is 11.3. The second-order valence-electron chi connectivity index (χ2n) is 6.08. The molecule has 1 atom stereocenters. The second kappa shape index (κ2) is 5.93. The van der Waals surface area contributed by atoms with E-state index < -0.39 is 20.6 Å². The van der Waals surface area contributed by atoms with Gasteiger partial charge in [-0.2, -0.15) is 8.78 Å². The number of rotatable bonds is 4. The Balaban J connectivity index is 2.22. The number of likely N-dealkylation sites (tertiary alicyclic amines) is 1. The fourth-order valence-electron chi connectivity index (χ4n) is 3.54. The van der Waals surface area contributed by atoms with Gasteiger partial charge in [-0.1, -0.05) is 48.5 Å². The predicted octanol–water partition coefficient (Wildman–Crippen LogP) is 3.67. The van der Waals surface area contributed by atoms with E-state index in [0.29, 0.717) is 18.5 Å². The fraction of sp³-hybridized carbons (Fsp3) is 0.333. The third kappa shape index (κ3) is 2.28. The van der Waals surface area contributed by atoms with Crippen LogP contribution in [0.3, 0.4) is 0 Å². The van der Waals surface area contributed by atoms with E-state index in [9.17, 15) is 8.42 Å². The van der Waals surface area contributed by atoms with Crippen molar-refractivity contribution in [3.63, 3.8) is 0 Å². The number of benzene rings is 2. The minimum absolute atomic E-state index is 0.0899. The van der Waals surface area contributed by atoms with Gasteiger partial charge in [-0.3, -0.25) is 4.90 Å². The van der Waals surface area contributed by atoms with E-state index in [1.165, 1.54) is 29.2 Å². The Kier molecular flexibility index (Phi) is 4.21. The first-order valence-electron chi connectivity index (χ1n) is 7.78. The molecule has 128 valence electrons. The molecule has 1 aliphatic rings. The molecule has 2 aromatic carbocycles. The van der Waals surface area contributed by atoms with Crippen LogP contribution in [0.4, 0.5) is 8.78 Å². The average molecular weight is 351 g/mol. The summed E-state index contributed by atoms with van der Waals surface area (Å²) in [5.41, 5.74) is -1.53. The van der Waals surface area contributed by atoms with Crippen LogP contribution >= 0.6 is 0 Å². The number of nitrogens with zero attached hydrogens (tertiary/aromatic N) is 1. The highest BCUT2D eigenvalue weighted by Gasteiger charge is 2.66. The molecule has 1 heterocycles.